The van der Waals surface area contributed by atoms with Gasteiger partial charge < -0.3 is 29.5 Å². The van der Waals surface area contributed by atoms with Crippen LogP contribution in [0.25, 0.3) is 11.1 Å². The summed E-state index contributed by atoms with van der Waals surface area (Å²) in [6, 6.07) is 19.7. The van der Waals surface area contributed by atoms with Crippen molar-refractivity contribution in [2.24, 2.45) is 0 Å². The Bertz CT molecular complexity index is 1930. The Kier molecular flexibility index (Phi) is 12.3. The molecule has 0 spiro atoms. The van der Waals surface area contributed by atoms with Crippen molar-refractivity contribution in [2.75, 3.05) is 26.2 Å². The van der Waals surface area contributed by atoms with Crippen LogP contribution in [0.2, 0.25) is 10.0 Å². The third kappa shape index (κ3) is 9.08. The molecule has 0 unspecified atom stereocenters. The van der Waals surface area contributed by atoms with E-state index in [1.165, 1.54) is 11.8 Å². The maximum absolute atomic E-state index is 13.5. The van der Waals surface area contributed by atoms with Gasteiger partial charge in [-0.05, 0) is 86.3 Å². The zero-order valence-corrected chi connectivity index (χ0v) is 31.2. The summed E-state index contributed by atoms with van der Waals surface area (Å²) in [6.07, 6.45) is 8.25. The fraction of sp³-hybridized carbons (Fsp3) is 0.429. The first-order valence-corrected chi connectivity index (χ1v) is 19.4. The molecule has 7 rings (SSSR count). The maximum Gasteiger partial charge on any atom is 0.142 e. The van der Waals surface area contributed by atoms with Gasteiger partial charge in [-0.3, -0.25) is 4.98 Å². The van der Waals surface area contributed by atoms with Gasteiger partial charge in [0.25, 0.3) is 0 Å². The molecule has 2 fully saturated rings. The first-order valence-electron chi connectivity index (χ1n) is 18.6. The number of piperidine rings is 1. The van der Waals surface area contributed by atoms with Gasteiger partial charge in [0.1, 0.15) is 42.2 Å². The Morgan fingerprint density at radius 1 is 0.943 bits per heavy atom. The lowest BCUT2D eigenvalue weighted by Gasteiger charge is -2.28. The van der Waals surface area contributed by atoms with Crippen LogP contribution in [0.15, 0.2) is 67.0 Å². The summed E-state index contributed by atoms with van der Waals surface area (Å²) in [6.45, 7) is 3.69. The normalized spacial score (nSPS) is 20.2. The number of aliphatic hydroxyl groups is 1. The summed E-state index contributed by atoms with van der Waals surface area (Å²) in [4.78, 5) is 6.47. The molecule has 1 saturated carbocycles. The number of halogens is 3. The van der Waals surface area contributed by atoms with Crippen LogP contribution < -0.4 is 19.5 Å². The number of alkyl halides is 1. The molecule has 1 aromatic heterocycles. The van der Waals surface area contributed by atoms with Crippen molar-refractivity contribution in [3.63, 3.8) is 0 Å². The zero-order valence-electron chi connectivity index (χ0n) is 29.7. The summed E-state index contributed by atoms with van der Waals surface area (Å²) in [5, 5.41) is 24.3. The molecule has 2 N–H and O–H groups in total. The van der Waals surface area contributed by atoms with Gasteiger partial charge in [0.15, 0.2) is 0 Å². The number of benzene rings is 3. The summed E-state index contributed by atoms with van der Waals surface area (Å²) < 4.78 is 32.7. The lowest BCUT2D eigenvalue weighted by Crippen LogP contribution is -2.35. The second-order valence-corrected chi connectivity index (χ2v) is 15.0. The monoisotopic (exact) mass is 758 g/mol. The van der Waals surface area contributed by atoms with Crippen molar-refractivity contribution < 1.29 is 23.7 Å². The summed E-state index contributed by atoms with van der Waals surface area (Å²) in [5.74, 6) is 1.77. The molecule has 3 aliphatic rings. The molecule has 4 aromatic rings. The Balaban J connectivity index is 1.06. The average molecular weight is 760 g/mol. The van der Waals surface area contributed by atoms with E-state index in [0.29, 0.717) is 58.9 Å². The lowest BCUT2D eigenvalue weighted by atomic mass is 9.96. The van der Waals surface area contributed by atoms with E-state index < -0.39 is 6.17 Å². The van der Waals surface area contributed by atoms with Crippen LogP contribution in [-0.2, 0) is 19.6 Å². The van der Waals surface area contributed by atoms with E-state index in [2.05, 4.69) is 33.4 Å². The Hall–Kier alpha value is -3.91. The van der Waals surface area contributed by atoms with Gasteiger partial charge in [0.05, 0.1) is 28.3 Å². The van der Waals surface area contributed by atoms with E-state index in [-0.39, 0.29) is 24.9 Å². The fourth-order valence-corrected chi connectivity index (χ4v) is 8.23. The molecular weight excluding hydrogens is 714 g/mol. The summed E-state index contributed by atoms with van der Waals surface area (Å²) >= 11 is 13.9. The Morgan fingerprint density at radius 3 is 2.58 bits per heavy atom. The number of fused-ring (bicyclic) bond motifs is 1. The minimum atomic E-state index is -0.669. The number of rotatable bonds is 14. The molecule has 1 saturated heterocycles. The van der Waals surface area contributed by atoms with Crippen LogP contribution in [-0.4, -0.2) is 59.5 Å². The SMILES string of the molecule is N#Cc1cncc(COc2cc(O[C@H]3CCc4c(-c5cccc(OCCCN6CCC(F)CC6)c5Cl)cccc43)c(Cl)cc2CN[C@@H]2CCC[C@@H]2O)c1. The molecule has 11 heteroatoms. The van der Waals surface area contributed by atoms with Gasteiger partial charge in [-0.15, -0.1) is 0 Å². The largest absolute Gasteiger partial charge is 0.492 e. The van der Waals surface area contributed by atoms with Crippen LogP contribution in [0.1, 0.15) is 78.9 Å². The van der Waals surface area contributed by atoms with Crippen LogP contribution in [0.3, 0.4) is 0 Å². The number of ether oxygens (including phenoxy) is 3. The van der Waals surface area contributed by atoms with Gasteiger partial charge in [0.2, 0.25) is 0 Å². The molecule has 278 valence electrons. The smallest absolute Gasteiger partial charge is 0.142 e. The highest BCUT2D eigenvalue weighted by molar-refractivity contribution is 6.35. The lowest BCUT2D eigenvalue weighted by molar-refractivity contribution is 0.143. The quantitative estimate of drug-likeness (QED) is 0.123. The molecular formula is C42H45Cl2FN4O4. The molecule has 1 aliphatic heterocycles. The summed E-state index contributed by atoms with van der Waals surface area (Å²) in [7, 11) is 0. The molecule has 3 atom stereocenters. The standard InChI is InChI=1S/C42H45Cl2FN4O4/c43-35-20-29(25-48-36-8-3-9-37(36)50)40(52-26-28-19-27(22-46)23-47-24-28)21-41(35)53-38-12-11-32-31(5-1-6-33(32)38)34-7-2-10-39(42(34)44)51-18-4-15-49-16-13-30(45)14-17-49/h1-2,5-7,10,19-21,23-24,30,36-38,48,50H,3-4,8-9,11-18,25-26H2/t36-,37+,38+/m1/s1. The van der Waals surface area contributed by atoms with Crippen molar-refractivity contribution >= 4 is 23.2 Å². The second-order valence-electron chi connectivity index (χ2n) is 14.2. The highest BCUT2D eigenvalue weighted by Crippen LogP contribution is 2.45. The predicted octanol–water partition coefficient (Wildman–Crippen LogP) is 8.78. The first kappa shape index (κ1) is 37.4. The molecule has 2 heterocycles. The number of likely N-dealkylation sites (tertiary alicyclic amines) is 1. The van der Waals surface area contributed by atoms with E-state index >= 15 is 0 Å². The van der Waals surface area contributed by atoms with E-state index in [0.717, 1.165) is 86.0 Å². The highest BCUT2D eigenvalue weighted by atomic mass is 35.5. The molecule has 2 aliphatic carbocycles. The number of hydrogen-bond acceptors (Lipinski definition) is 8. The molecule has 3 aromatic carbocycles. The fourth-order valence-electron chi connectivity index (χ4n) is 7.72. The van der Waals surface area contributed by atoms with Crippen molar-refractivity contribution in [2.45, 2.75) is 88.9 Å². The van der Waals surface area contributed by atoms with Gasteiger partial charge in [-0.1, -0.05) is 53.5 Å². The maximum atomic E-state index is 13.5. The van der Waals surface area contributed by atoms with E-state index in [1.54, 1.807) is 12.3 Å². The van der Waals surface area contributed by atoms with E-state index in [4.69, 9.17) is 37.4 Å². The third-order valence-electron chi connectivity index (χ3n) is 10.6. The second kappa shape index (κ2) is 17.5. The van der Waals surface area contributed by atoms with Gasteiger partial charge in [-0.25, -0.2) is 4.39 Å². The Labute approximate surface area is 320 Å². The number of nitrogens with zero attached hydrogens (tertiary/aromatic N) is 3. The number of pyridine rings is 1. The minimum absolute atomic E-state index is 0.0105. The predicted molar refractivity (Wildman–Crippen MR) is 204 cm³/mol. The highest BCUT2D eigenvalue weighted by Gasteiger charge is 2.29. The van der Waals surface area contributed by atoms with Crippen molar-refractivity contribution in [3.05, 3.63) is 105 Å². The molecule has 0 amide bonds. The molecule has 8 nitrogen and oxygen atoms in total. The third-order valence-corrected chi connectivity index (χ3v) is 11.3. The first-order chi connectivity index (χ1) is 25.9. The van der Waals surface area contributed by atoms with E-state index in [1.807, 2.05) is 36.4 Å². The minimum Gasteiger partial charge on any atom is -0.492 e. The Morgan fingerprint density at radius 2 is 1.77 bits per heavy atom. The van der Waals surface area contributed by atoms with Crippen molar-refractivity contribution in [1.29, 1.82) is 5.26 Å². The van der Waals surface area contributed by atoms with Crippen molar-refractivity contribution in [1.82, 2.24) is 15.2 Å². The summed E-state index contributed by atoms with van der Waals surface area (Å²) in [5.41, 5.74) is 6.31. The van der Waals surface area contributed by atoms with Crippen LogP contribution in [0.4, 0.5) is 4.39 Å². The van der Waals surface area contributed by atoms with E-state index in [9.17, 15) is 14.8 Å². The molecule has 0 bridgehead atoms. The number of aromatic nitrogens is 1. The molecule has 0 radical (unpaired) electrons. The van der Waals surface area contributed by atoms with Gasteiger partial charge in [0, 0.05) is 67.4 Å². The van der Waals surface area contributed by atoms with Gasteiger partial charge >= 0.3 is 0 Å². The number of nitriles is 1. The van der Waals surface area contributed by atoms with Crippen molar-refractivity contribution in [3.8, 4) is 34.4 Å². The van der Waals surface area contributed by atoms with Crippen LogP contribution in [0.5, 0.6) is 17.2 Å². The van der Waals surface area contributed by atoms with Crippen LogP contribution >= 0.6 is 23.2 Å². The average Bonchev–Trinajstić information content (AvgIpc) is 3.79. The zero-order chi connectivity index (χ0) is 36.7. The van der Waals surface area contributed by atoms with Gasteiger partial charge in [-0.2, -0.15) is 5.26 Å². The molecule has 53 heavy (non-hydrogen) atoms. The van der Waals surface area contributed by atoms with Crippen LogP contribution in [0, 0.1) is 11.3 Å². The topological polar surface area (TPSA) is 99.9 Å². The number of aliphatic hydroxyl groups excluding tert-OH is 1. The number of nitrogens with one attached hydrogen (secondary N) is 1. The number of hydrogen-bond donors (Lipinski definition) is 2.